The summed E-state index contributed by atoms with van der Waals surface area (Å²) in [7, 11) is 1.78. The minimum absolute atomic E-state index is 0.194. The van der Waals surface area contributed by atoms with Gasteiger partial charge < -0.3 is 5.32 Å². The van der Waals surface area contributed by atoms with Gasteiger partial charge in [0.1, 0.15) is 0 Å². The maximum absolute atomic E-state index is 4.25. The Bertz CT molecular complexity index is 525. The van der Waals surface area contributed by atoms with E-state index < -0.39 is 0 Å². The van der Waals surface area contributed by atoms with Gasteiger partial charge in [-0.2, -0.15) is 4.80 Å². The Hall–Kier alpha value is -1.27. The normalized spacial score (nSPS) is 12.6. The van der Waals surface area contributed by atoms with Crippen molar-refractivity contribution in [2.45, 2.75) is 25.8 Å². The third-order valence-corrected chi connectivity index (χ3v) is 3.58. The quantitative estimate of drug-likeness (QED) is 0.885. The van der Waals surface area contributed by atoms with Crippen molar-refractivity contribution in [2.24, 2.45) is 7.05 Å². The second kappa shape index (κ2) is 6.77. The highest BCUT2D eigenvalue weighted by atomic mass is 79.9. The highest BCUT2D eigenvalue weighted by Crippen LogP contribution is 2.25. The molecule has 2 aromatic rings. The number of hydrogen-bond acceptors (Lipinski definition) is 4. The maximum atomic E-state index is 4.25. The summed E-state index contributed by atoms with van der Waals surface area (Å²) >= 11 is 3.61. The first-order valence-corrected chi connectivity index (χ1v) is 7.20. The zero-order valence-electron chi connectivity index (χ0n) is 11.2. The zero-order chi connectivity index (χ0) is 13.7. The lowest BCUT2D eigenvalue weighted by Crippen LogP contribution is -2.25. The zero-order valence-corrected chi connectivity index (χ0v) is 12.8. The molecule has 19 heavy (non-hydrogen) atoms. The number of hydrogen-bond donors (Lipinski definition) is 1. The van der Waals surface area contributed by atoms with Crippen LogP contribution in [0.25, 0.3) is 0 Å². The molecular formula is C13H18BrN5. The van der Waals surface area contributed by atoms with Gasteiger partial charge in [0.15, 0.2) is 5.82 Å². The van der Waals surface area contributed by atoms with Gasteiger partial charge in [-0.3, -0.25) is 0 Å². The highest BCUT2D eigenvalue weighted by Gasteiger charge is 2.16. The minimum Gasteiger partial charge on any atom is -0.310 e. The van der Waals surface area contributed by atoms with Gasteiger partial charge in [-0.15, -0.1) is 10.2 Å². The largest absolute Gasteiger partial charge is 0.310 e. The van der Waals surface area contributed by atoms with Gasteiger partial charge in [0.25, 0.3) is 0 Å². The molecular weight excluding hydrogens is 306 g/mol. The van der Waals surface area contributed by atoms with Crippen LogP contribution in [0.4, 0.5) is 0 Å². The lowest BCUT2D eigenvalue weighted by Gasteiger charge is -2.18. The highest BCUT2D eigenvalue weighted by molar-refractivity contribution is 9.10. The van der Waals surface area contributed by atoms with E-state index in [0.29, 0.717) is 0 Å². The molecule has 0 aliphatic rings. The van der Waals surface area contributed by atoms with Crippen LogP contribution in [0.1, 0.15) is 30.8 Å². The van der Waals surface area contributed by atoms with Crippen LogP contribution in [0, 0.1) is 0 Å². The van der Waals surface area contributed by atoms with Crippen molar-refractivity contribution in [3.05, 3.63) is 40.1 Å². The van der Waals surface area contributed by atoms with Crippen molar-refractivity contribution in [2.75, 3.05) is 6.54 Å². The second-order valence-corrected chi connectivity index (χ2v) is 5.28. The van der Waals surface area contributed by atoms with Crippen molar-refractivity contribution in [3.63, 3.8) is 0 Å². The Morgan fingerprint density at radius 2 is 2.16 bits per heavy atom. The number of tetrazole rings is 1. The molecule has 1 N–H and O–H groups in total. The first kappa shape index (κ1) is 14.1. The van der Waals surface area contributed by atoms with Crippen LogP contribution in [-0.4, -0.2) is 26.8 Å². The predicted octanol–water partition coefficient (Wildman–Crippen LogP) is 2.26. The van der Waals surface area contributed by atoms with Gasteiger partial charge >= 0.3 is 0 Å². The summed E-state index contributed by atoms with van der Waals surface area (Å²) in [6.45, 7) is 3.12. The molecule has 1 atom stereocenters. The predicted molar refractivity (Wildman–Crippen MR) is 77.7 cm³/mol. The molecule has 0 aliphatic heterocycles. The molecule has 1 unspecified atom stereocenters. The van der Waals surface area contributed by atoms with E-state index in [-0.39, 0.29) is 6.04 Å². The molecule has 1 aromatic heterocycles. The molecule has 102 valence electrons. The van der Waals surface area contributed by atoms with Crippen LogP contribution in [0.2, 0.25) is 0 Å². The third kappa shape index (κ3) is 3.84. The number of nitrogens with zero attached hydrogens (tertiary/aromatic N) is 4. The van der Waals surface area contributed by atoms with Gasteiger partial charge in [0.05, 0.1) is 7.05 Å². The number of halogens is 1. The lowest BCUT2D eigenvalue weighted by molar-refractivity contribution is 0.515. The van der Waals surface area contributed by atoms with Crippen LogP contribution in [-0.2, 0) is 13.5 Å². The van der Waals surface area contributed by atoms with Crippen LogP contribution in [0.15, 0.2) is 28.7 Å². The van der Waals surface area contributed by atoms with Crippen molar-refractivity contribution in [3.8, 4) is 0 Å². The molecule has 2 rings (SSSR count). The molecule has 0 saturated heterocycles. The molecule has 0 fully saturated rings. The third-order valence-electron chi connectivity index (χ3n) is 2.86. The SMILES string of the molecule is CCCNC(Cc1nnn(C)n1)c1ccccc1Br. The van der Waals surface area contributed by atoms with Gasteiger partial charge in [-0.05, 0) is 29.8 Å². The number of aromatic nitrogens is 4. The molecule has 0 aliphatic carbocycles. The van der Waals surface area contributed by atoms with E-state index in [2.05, 4.69) is 55.7 Å². The number of rotatable bonds is 6. The second-order valence-electron chi connectivity index (χ2n) is 4.43. The summed E-state index contributed by atoms with van der Waals surface area (Å²) < 4.78 is 1.10. The van der Waals surface area contributed by atoms with E-state index >= 15 is 0 Å². The van der Waals surface area contributed by atoms with Crippen molar-refractivity contribution in [1.29, 1.82) is 0 Å². The van der Waals surface area contributed by atoms with E-state index in [1.54, 1.807) is 7.05 Å². The molecule has 1 heterocycles. The first-order valence-electron chi connectivity index (χ1n) is 6.41. The Balaban J connectivity index is 2.18. The smallest absolute Gasteiger partial charge is 0.176 e. The fraction of sp³-hybridized carbons (Fsp3) is 0.462. The number of benzene rings is 1. The molecule has 5 nitrogen and oxygen atoms in total. The Morgan fingerprint density at radius 1 is 1.37 bits per heavy atom. The minimum atomic E-state index is 0.194. The summed E-state index contributed by atoms with van der Waals surface area (Å²) in [4.78, 5) is 1.49. The summed E-state index contributed by atoms with van der Waals surface area (Å²) in [5, 5.41) is 15.7. The topological polar surface area (TPSA) is 55.6 Å². The summed E-state index contributed by atoms with van der Waals surface area (Å²) in [6, 6.07) is 8.43. The first-order chi connectivity index (χ1) is 9.20. The Kier molecular flexibility index (Phi) is 5.04. The van der Waals surface area contributed by atoms with E-state index in [1.165, 1.54) is 10.4 Å². The summed E-state index contributed by atoms with van der Waals surface area (Å²) in [5.74, 6) is 0.756. The van der Waals surface area contributed by atoms with E-state index in [0.717, 1.165) is 29.7 Å². The average Bonchev–Trinajstić information content (AvgIpc) is 2.81. The van der Waals surface area contributed by atoms with Gasteiger partial charge in [0.2, 0.25) is 0 Å². The summed E-state index contributed by atoms with van der Waals surface area (Å²) in [6.07, 6.45) is 1.82. The monoisotopic (exact) mass is 323 g/mol. The number of aryl methyl sites for hydroxylation is 1. The van der Waals surface area contributed by atoms with E-state index in [1.807, 2.05) is 12.1 Å². The molecule has 6 heteroatoms. The van der Waals surface area contributed by atoms with Gasteiger partial charge in [0, 0.05) is 16.9 Å². The summed E-state index contributed by atoms with van der Waals surface area (Å²) in [5.41, 5.74) is 1.23. The standard InChI is InChI=1S/C13H18BrN5/c1-3-8-15-12(9-13-16-18-19(2)17-13)10-6-4-5-7-11(10)14/h4-7,12,15H,3,8-9H2,1-2H3. The molecule has 1 aromatic carbocycles. The molecule has 0 saturated carbocycles. The van der Waals surface area contributed by atoms with E-state index in [4.69, 9.17) is 0 Å². The van der Waals surface area contributed by atoms with Crippen molar-refractivity contribution >= 4 is 15.9 Å². The van der Waals surface area contributed by atoms with Gasteiger partial charge in [-0.1, -0.05) is 41.1 Å². The van der Waals surface area contributed by atoms with Crippen LogP contribution >= 0.6 is 15.9 Å². The molecule has 0 amide bonds. The van der Waals surface area contributed by atoms with Crippen LogP contribution < -0.4 is 5.32 Å². The van der Waals surface area contributed by atoms with Crippen LogP contribution in [0.3, 0.4) is 0 Å². The maximum Gasteiger partial charge on any atom is 0.176 e. The Labute approximate surface area is 121 Å². The Morgan fingerprint density at radius 3 is 2.79 bits per heavy atom. The fourth-order valence-corrected chi connectivity index (χ4v) is 2.52. The van der Waals surface area contributed by atoms with Gasteiger partial charge in [-0.25, -0.2) is 0 Å². The van der Waals surface area contributed by atoms with Crippen molar-refractivity contribution in [1.82, 2.24) is 25.5 Å². The lowest BCUT2D eigenvalue weighted by atomic mass is 10.0. The fourth-order valence-electron chi connectivity index (χ4n) is 1.96. The molecule has 0 bridgehead atoms. The van der Waals surface area contributed by atoms with E-state index in [9.17, 15) is 0 Å². The molecule has 0 radical (unpaired) electrons. The van der Waals surface area contributed by atoms with Crippen molar-refractivity contribution < 1.29 is 0 Å². The number of nitrogens with one attached hydrogen (secondary N) is 1. The molecule has 0 spiro atoms. The average molecular weight is 324 g/mol. The van der Waals surface area contributed by atoms with Crippen LogP contribution in [0.5, 0.6) is 0 Å².